The molecule has 21 heavy (non-hydrogen) atoms. The molecule has 3 nitrogen and oxygen atoms in total. The van der Waals surface area contributed by atoms with Crippen molar-refractivity contribution in [2.24, 2.45) is 0 Å². The van der Waals surface area contributed by atoms with Gasteiger partial charge in [0.15, 0.2) is 0 Å². The summed E-state index contributed by atoms with van der Waals surface area (Å²) in [5.74, 6) is 0.953. The van der Waals surface area contributed by atoms with Gasteiger partial charge in [-0.15, -0.1) is 0 Å². The summed E-state index contributed by atoms with van der Waals surface area (Å²) in [4.78, 5) is 2.48. The maximum Gasteiger partial charge on any atom is 0.119 e. The van der Waals surface area contributed by atoms with E-state index in [1.165, 1.54) is 11.1 Å². The lowest BCUT2D eigenvalue weighted by Gasteiger charge is -2.29. The lowest BCUT2D eigenvalue weighted by molar-refractivity contribution is 0.221. The summed E-state index contributed by atoms with van der Waals surface area (Å²) < 4.78 is 5.74. The Morgan fingerprint density at radius 2 is 1.90 bits per heavy atom. The molecule has 110 valence electrons. The average molecular weight is 282 g/mol. The van der Waals surface area contributed by atoms with Gasteiger partial charge in [0.1, 0.15) is 5.75 Å². The third-order valence-electron chi connectivity index (χ3n) is 4.01. The monoisotopic (exact) mass is 282 g/mol. The number of para-hydroxylation sites is 1. The van der Waals surface area contributed by atoms with Crippen LogP contribution in [0, 0.1) is 0 Å². The summed E-state index contributed by atoms with van der Waals surface area (Å²) >= 11 is 0. The van der Waals surface area contributed by atoms with Crippen molar-refractivity contribution in [2.75, 3.05) is 25.4 Å². The fourth-order valence-corrected chi connectivity index (χ4v) is 2.88. The summed E-state index contributed by atoms with van der Waals surface area (Å²) in [6, 6.07) is 16.3. The Balaban J connectivity index is 1.45. The van der Waals surface area contributed by atoms with Gasteiger partial charge in [0, 0.05) is 25.3 Å². The van der Waals surface area contributed by atoms with E-state index in [4.69, 9.17) is 10.5 Å². The largest absolute Gasteiger partial charge is 0.494 e. The van der Waals surface area contributed by atoms with E-state index in [0.717, 1.165) is 50.5 Å². The van der Waals surface area contributed by atoms with Gasteiger partial charge in [-0.05, 0) is 42.2 Å². The van der Waals surface area contributed by atoms with E-state index in [9.17, 15) is 0 Å². The number of nitrogens with zero attached hydrogens (tertiary/aromatic N) is 1. The second-order valence-electron chi connectivity index (χ2n) is 5.53. The highest BCUT2D eigenvalue weighted by Gasteiger charge is 2.17. The van der Waals surface area contributed by atoms with Crippen molar-refractivity contribution in [3.8, 4) is 5.75 Å². The molecular formula is C18H22N2O. The van der Waals surface area contributed by atoms with Gasteiger partial charge in [-0.1, -0.05) is 30.3 Å². The summed E-state index contributed by atoms with van der Waals surface area (Å²) in [5.41, 5.74) is 9.70. The lowest BCUT2D eigenvalue weighted by atomic mass is 9.98. The highest BCUT2D eigenvalue weighted by molar-refractivity contribution is 5.51. The molecule has 1 aliphatic rings. The molecule has 0 amide bonds. The average Bonchev–Trinajstić information content (AvgIpc) is 2.53. The molecule has 1 heterocycles. The van der Waals surface area contributed by atoms with E-state index in [1.54, 1.807) is 0 Å². The summed E-state index contributed by atoms with van der Waals surface area (Å²) in [6.07, 6.45) is 2.11. The summed E-state index contributed by atoms with van der Waals surface area (Å²) in [6.45, 7) is 3.93. The van der Waals surface area contributed by atoms with Gasteiger partial charge in [0.25, 0.3) is 0 Å². The fraction of sp³-hybridized carbons (Fsp3) is 0.333. The summed E-state index contributed by atoms with van der Waals surface area (Å²) in [5, 5.41) is 0. The van der Waals surface area contributed by atoms with Gasteiger partial charge in [0.2, 0.25) is 0 Å². The van der Waals surface area contributed by atoms with Crippen molar-refractivity contribution in [1.29, 1.82) is 0 Å². The minimum Gasteiger partial charge on any atom is -0.494 e. The van der Waals surface area contributed by atoms with Crippen LogP contribution in [0.2, 0.25) is 0 Å². The van der Waals surface area contributed by atoms with Crippen LogP contribution >= 0.6 is 0 Å². The Morgan fingerprint density at radius 3 is 2.76 bits per heavy atom. The minimum atomic E-state index is 0.768. The van der Waals surface area contributed by atoms with Crippen molar-refractivity contribution in [3.63, 3.8) is 0 Å². The van der Waals surface area contributed by atoms with Crippen LogP contribution in [0.25, 0.3) is 0 Å². The van der Waals surface area contributed by atoms with Gasteiger partial charge in [-0.3, -0.25) is 4.90 Å². The van der Waals surface area contributed by atoms with E-state index in [2.05, 4.69) is 17.0 Å². The Kier molecular flexibility index (Phi) is 4.41. The van der Waals surface area contributed by atoms with Crippen molar-refractivity contribution in [3.05, 3.63) is 59.7 Å². The fourth-order valence-electron chi connectivity index (χ4n) is 2.88. The van der Waals surface area contributed by atoms with Crippen molar-refractivity contribution >= 4 is 5.69 Å². The minimum absolute atomic E-state index is 0.768. The van der Waals surface area contributed by atoms with Gasteiger partial charge in [0.05, 0.1) is 6.61 Å². The maximum atomic E-state index is 6.03. The van der Waals surface area contributed by atoms with E-state index in [1.807, 2.05) is 36.4 Å². The molecule has 2 aromatic rings. The third-order valence-corrected chi connectivity index (χ3v) is 4.01. The van der Waals surface area contributed by atoms with Crippen molar-refractivity contribution in [2.45, 2.75) is 19.4 Å². The van der Waals surface area contributed by atoms with Crippen molar-refractivity contribution in [1.82, 2.24) is 4.90 Å². The zero-order valence-electron chi connectivity index (χ0n) is 12.3. The third kappa shape index (κ3) is 3.56. The number of nitrogen functional groups attached to an aromatic ring is 1. The molecule has 0 aromatic heterocycles. The maximum absolute atomic E-state index is 6.03. The highest BCUT2D eigenvalue weighted by atomic mass is 16.5. The molecular weight excluding hydrogens is 260 g/mol. The Hall–Kier alpha value is -2.00. The summed E-state index contributed by atoms with van der Waals surface area (Å²) in [7, 11) is 0. The van der Waals surface area contributed by atoms with Crippen LogP contribution in [0.4, 0.5) is 5.69 Å². The van der Waals surface area contributed by atoms with Gasteiger partial charge in [-0.2, -0.15) is 0 Å². The lowest BCUT2D eigenvalue weighted by Crippen LogP contribution is -2.32. The molecule has 0 atom stereocenters. The molecule has 2 aromatic carbocycles. The van der Waals surface area contributed by atoms with Crippen LogP contribution in [0.5, 0.6) is 5.75 Å². The first kappa shape index (κ1) is 14.0. The van der Waals surface area contributed by atoms with E-state index in [-0.39, 0.29) is 0 Å². The Labute approximate surface area is 126 Å². The number of anilines is 1. The van der Waals surface area contributed by atoms with Gasteiger partial charge in [-0.25, -0.2) is 0 Å². The number of rotatable bonds is 5. The molecule has 0 fully saturated rings. The predicted molar refractivity (Wildman–Crippen MR) is 86.4 cm³/mol. The van der Waals surface area contributed by atoms with E-state index >= 15 is 0 Å². The van der Waals surface area contributed by atoms with Gasteiger partial charge < -0.3 is 10.5 Å². The van der Waals surface area contributed by atoms with Crippen molar-refractivity contribution < 1.29 is 4.74 Å². The number of fused-ring (bicyclic) bond motifs is 1. The number of ether oxygens (including phenoxy) is 1. The molecule has 1 aliphatic heterocycles. The van der Waals surface area contributed by atoms with E-state index < -0.39 is 0 Å². The van der Waals surface area contributed by atoms with E-state index in [0.29, 0.717) is 0 Å². The second kappa shape index (κ2) is 6.64. The molecule has 0 saturated heterocycles. The molecule has 0 aliphatic carbocycles. The quantitative estimate of drug-likeness (QED) is 0.676. The zero-order chi connectivity index (χ0) is 14.5. The first-order valence-corrected chi connectivity index (χ1v) is 7.59. The van der Waals surface area contributed by atoms with Crippen LogP contribution in [-0.4, -0.2) is 24.6 Å². The molecule has 0 bridgehead atoms. The van der Waals surface area contributed by atoms with Crippen LogP contribution < -0.4 is 10.5 Å². The topological polar surface area (TPSA) is 38.5 Å². The standard InChI is InChI=1S/C18H22N2O/c19-18-9-4-6-15-14-20(12-10-17(15)18)11-5-13-21-16-7-2-1-3-8-16/h1-4,6-9H,5,10-14,19H2. The first-order chi connectivity index (χ1) is 10.3. The molecule has 0 radical (unpaired) electrons. The van der Waals surface area contributed by atoms with Gasteiger partial charge >= 0.3 is 0 Å². The molecule has 2 N–H and O–H groups in total. The number of benzene rings is 2. The molecule has 0 saturated carbocycles. The van der Waals surface area contributed by atoms with Crippen LogP contribution in [0.15, 0.2) is 48.5 Å². The Morgan fingerprint density at radius 1 is 1.05 bits per heavy atom. The SMILES string of the molecule is Nc1cccc2c1CCN(CCCOc1ccccc1)C2. The second-order valence-corrected chi connectivity index (χ2v) is 5.53. The van der Waals surface area contributed by atoms with Crippen LogP contribution in [-0.2, 0) is 13.0 Å². The normalized spacial score (nSPS) is 14.7. The number of hydrogen-bond donors (Lipinski definition) is 1. The number of nitrogens with two attached hydrogens (primary N) is 1. The van der Waals surface area contributed by atoms with Crippen LogP contribution in [0.3, 0.4) is 0 Å². The molecule has 0 unspecified atom stereocenters. The van der Waals surface area contributed by atoms with Crippen LogP contribution in [0.1, 0.15) is 17.5 Å². The molecule has 0 spiro atoms. The highest BCUT2D eigenvalue weighted by Crippen LogP contribution is 2.24. The Bertz CT molecular complexity index is 583. The smallest absolute Gasteiger partial charge is 0.119 e. The molecule has 3 heteroatoms. The predicted octanol–water partition coefficient (Wildman–Crippen LogP) is 3.10. The number of hydrogen-bond acceptors (Lipinski definition) is 3. The zero-order valence-corrected chi connectivity index (χ0v) is 12.3. The molecule has 3 rings (SSSR count). The first-order valence-electron chi connectivity index (χ1n) is 7.59.